The first-order valence-electron chi connectivity index (χ1n) is 6.27. The van der Waals surface area contributed by atoms with Crippen LogP contribution >= 0.6 is 0 Å². The van der Waals surface area contributed by atoms with Gasteiger partial charge in [0.15, 0.2) is 5.84 Å². The van der Waals surface area contributed by atoms with E-state index >= 15 is 0 Å². The molecule has 2 rings (SSSR count). The van der Waals surface area contributed by atoms with Gasteiger partial charge in [-0.05, 0) is 25.5 Å². The van der Waals surface area contributed by atoms with Gasteiger partial charge in [0.25, 0.3) is 0 Å². The Morgan fingerprint density at radius 3 is 2.95 bits per heavy atom. The van der Waals surface area contributed by atoms with Crippen molar-refractivity contribution in [2.75, 3.05) is 13.2 Å². The molecule has 1 aromatic carbocycles. The lowest BCUT2D eigenvalue weighted by molar-refractivity contribution is 0.152. The minimum absolute atomic E-state index is 0.101. The predicted molar refractivity (Wildman–Crippen MR) is 69.4 cm³/mol. The van der Waals surface area contributed by atoms with Gasteiger partial charge in [-0.2, -0.15) is 0 Å². The van der Waals surface area contributed by atoms with Crippen molar-refractivity contribution in [2.24, 2.45) is 10.9 Å². The number of nitrogens with two attached hydrogens (primary N) is 1. The predicted octanol–water partition coefficient (Wildman–Crippen LogP) is 0.877. The van der Waals surface area contributed by atoms with Crippen molar-refractivity contribution in [1.29, 1.82) is 0 Å². The Bertz CT molecular complexity index is 479. The summed E-state index contributed by atoms with van der Waals surface area (Å²) in [6, 6.07) is 4.63. The normalized spacial score (nSPS) is 20.9. The second-order valence-electron chi connectivity index (χ2n) is 4.74. The fourth-order valence-electron chi connectivity index (χ4n) is 2.42. The Hall–Kier alpha value is -1.66. The number of likely N-dealkylation sites (tertiary alicyclic amines) is 1. The maximum atomic E-state index is 13.9. The maximum Gasteiger partial charge on any atom is 0.170 e. The number of oxime groups is 1. The van der Waals surface area contributed by atoms with Crippen molar-refractivity contribution in [2.45, 2.75) is 25.4 Å². The van der Waals surface area contributed by atoms with Gasteiger partial charge in [0, 0.05) is 23.7 Å². The minimum Gasteiger partial charge on any atom is -0.409 e. The van der Waals surface area contributed by atoms with Crippen LogP contribution in [0, 0.1) is 5.82 Å². The highest BCUT2D eigenvalue weighted by atomic mass is 19.1. The van der Waals surface area contributed by atoms with Crippen molar-refractivity contribution >= 4 is 5.84 Å². The third kappa shape index (κ3) is 3.02. The molecule has 104 valence electrons. The number of amidine groups is 1. The van der Waals surface area contributed by atoms with Gasteiger partial charge in [-0.1, -0.05) is 17.3 Å². The molecule has 1 heterocycles. The van der Waals surface area contributed by atoms with Crippen LogP contribution in [0.5, 0.6) is 0 Å². The Balaban J connectivity index is 2.13. The summed E-state index contributed by atoms with van der Waals surface area (Å²) < 4.78 is 13.9. The number of nitrogens with zero attached hydrogens (tertiary/aromatic N) is 2. The van der Waals surface area contributed by atoms with Gasteiger partial charge in [-0.3, -0.25) is 4.90 Å². The molecule has 19 heavy (non-hydrogen) atoms. The van der Waals surface area contributed by atoms with Crippen molar-refractivity contribution in [3.8, 4) is 0 Å². The molecule has 6 heteroatoms. The van der Waals surface area contributed by atoms with Gasteiger partial charge in [-0.15, -0.1) is 0 Å². The first-order valence-corrected chi connectivity index (χ1v) is 6.27. The molecule has 0 amide bonds. The van der Waals surface area contributed by atoms with E-state index in [9.17, 15) is 9.50 Å². The molecule has 1 aliphatic rings. The van der Waals surface area contributed by atoms with Crippen molar-refractivity contribution in [1.82, 2.24) is 4.90 Å². The van der Waals surface area contributed by atoms with Crippen LogP contribution in [0.2, 0.25) is 0 Å². The summed E-state index contributed by atoms with van der Waals surface area (Å²) in [4.78, 5) is 2.07. The zero-order valence-corrected chi connectivity index (χ0v) is 10.6. The van der Waals surface area contributed by atoms with Crippen LogP contribution in [0.3, 0.4) is 0 Å². The third-order valence-corrected chi connectivity index (χ3v) is 3.54. The van der Waals surface area contributed by atoms with E-state index < -0.39 is 0 Å². The smallest absolute Gasteiger partial charge is 0.170 e. The zero-order chi connectivity index (χ0) is 13.8. The van der Waals surface area contributed by atoms with Crippen molar-refractivity contribution in [3.63, 3.8) is 0 Å². The summed E-state index contributed by atoms with van der Waals surface area (Å²) in [6.45, 7) is 1.43. The molecule has 0 aromatic heterocycles. The molecule has 1 unspecified atom stereocenters. The number of halogens is 1. The van der Waals surface area contributed by atoms with E-state index in [4.69, 9.17) is 10.9 Å². The van der Waals surface area contributed by atoms with Crippen molar-refractivity contribution < 1.29 is 14.7 Å². The molecule has 1 fully saturated rings. The third-order valence-electron chi connectivity index (χ3n) is 3.54. The standard InChI is InChI=1S/C13H18FN3O2/c14-12-6-9(13(15)16-19)3-4-10(12)7-17-5-1-2-11(17)8-18/h3-4,6,11,18-19H,1-2,5,7-8H2,(H2,15,16). The fourth-order valence-corrected chi connectivity index (χ4v) is 2.42. The van der Waals surface area contributed by atoms with Crippen LogP contribution in [0.25, 0.3) is 0 Å². The number of aliphatic hydroxyl groups is 1. The second kappa shape index (κ2) is 5.99. The average Bonchev–Trinajstić information content (AvgIpc) is 2.87. The molecule has 1 atom stereocenters. The van der Waals surface area contributed by atoms with Gasteiger partial charge in [0.05, 0.1) is 6.61 Å². The molecule has 0 saturated carbocycles. The molecule has 0 radical (unpaired) electrons. The summed E-state index contributed by atoms with van der Waals surface area (Å²) in [5.41, 5.74) is 6.31. The van der Waals surface area contributed by atoms with Crippen LogP contribution in [0.4, 0.5) is 4.39 Å². The summed E-state index contributed by atoms with van der Waals surface area (Å²) in [7, 11) is 0. The zero-order valence-electron chi connectivity index (χ0n) is 10.6. The quantitative estimate of drug-likeness (QED) is 0.327. The monoisotopic (exact) mass is 267 g/mol. The second-order valence-corrected chi connectivity index (χ2v) is 4.74. The number of aliphatic hydroxyl groups excluding tert-OH is 1. The van der Waals surface area contributed by atoms with E-state index in [1.807, 2.05) is 0 Å². The van der Waals surface area contributed by atoms with E-state index in [-0.39, 0.29) is 24.3 Å². The number of hydrogen-bond donors (Lipinski definition) is 3. The van der Waals surface area contributed by atoms with Crippen LogP contribution < -0.4 is 5.73 Å². The number of benzene rings is 1. The highest BCUT2D eigenvalue weighted by Crippen LogP contribution is 2.21. The van der Waals surface area contributed by atoms with Gasteiger partial charge in [0.1, 0.15) is 5.82 Å². The van der Waals surface area contributed by atoms with Crippen LogP contribution in [0.15, 0.2) is 23.4 Å². The van der Waals surface area contributed by atoms with E-state index in [0.29, 0.717) is 17.7 Å². The Kier molecular flexibility index (Phi) is 4.34. The lowest BCUT2D eigenvalue weighted by Crippen LogP contribution is -2.32. The number of hydrogen-bond acceptors (Lipinski definition) is 4. The topological polar surface area (TPSA) is 82.1 Å². The summed E-state index contributed by atoms with van der Waals surface area (Å²) in [5, 5.41) is 20.6. The molecular weight excluding hydrogens is 249 g/mol. The Labute approximate surface area is 111 Å². The molecule has 1 aromatic rings. The minimum atomic E-state index is -0.382. The average molecular weight is 267 g/mol. The molecule has 4 N–H and O–H groups in total. The molecular formula is C13H18FN3O2. The largest absolute Gasteiger partial charge is 0.409 e. The van der Waals surface area contributed by atoms with Crippen molar-refractivity contribution in [3.05, 3.63) is 35.1 Å². The lowest BCUT2D eigenvalue weighted by atomic mass is 10.1. The first kappa shape index (κ1) is 13.8. The van der Waals surface area contributed by atoms with E-state index in [2.05, 4.69) is 10.1 Å². The maximum absolute atomic E-state index is 13.9. The SMILES string of the molecule is N/C(=N/O)c1ccc(CN2CCCC2CO)c(F)c1. The summed E-state index contributed by atoms with van der Waals surface area (Å²) >= 11 is 0. The summed E-state index contributed by atoms with van der Waals surface area (Å²) in [5.74, 6) is -0.493. The Morgan fingerprint density at radius 2 is 2.32 bits per heavy atom. The molecule has 1 saturated heterocycles. The van der Waals surface area contributed by atoms with Crippen LogP contribution in [-0.4, -0.2) is 40.2 Å². The molecule has 0 aliphatic carbocycles. The highest BCUT2D eigenvalue weighted by Gasteiger charge is 2.24. The summed E-state index contributed by atoms with van der Waals surface area (Å²) in [6.07, 6.45) is 1.97. The van der Waals surface area contributed by atoms with E-state index in [1.165, 1.54) is 6.07 Å². The molecule has 5 nitrogen and oxygen atoms in total. The van der Waals surface area contributed by atoms with Gasteiger partial charge in [0.2, 0.25) is 0 Å². The Morgan fingerprint density at radius 1 is 1.53 bits per heavy atom. The van der Waals surface area contributed by atoms with Gasteiger partial charge < -0.3 is 16.0 Å². The molecule has 1 aliphatic heterocycles. The van der Waals surface area contributed by atoms with Crippen LogP contribution in [0.1, 0.15) is 24.0 Å². The fraction of sp³-hybridized carbons (Fsp3) is 0.462. The first-order chi connectivity index (χ1) is 9.15. The molecule has 0 spiro atoms. The molecule has 0 bridgehead atoms. The lowest BCUT2D eigenvalue weighted by Gasteiger charge is -2.22. The van der Waals surface area contributed by atoms with Gasteiger partial charge >= 0.3 is 0 Å². The van der Waals surface area contributed by atoms with E-state index in [1.54, 1.807) is 12.1 Å². The number of rotatable bonds is 4. The van der Waals surface area contributed by atoms with E-state index in [0.717, 1.165) is 19.4 Å². The highest BCUT2D eigenvalue weighted by molar-refractivity contribution is 5.97. The van der Waals surface area contributed by atoms with Gasteiger partial charge in [-0.25, -0.2) is 4.39 Å². The van der Waals surface area contributed by atoms with Crippen LogP contribution in [-0.2, 0) is 6.54 Å².